The van der Waals surface area contributed by atoms with Gasteiger partial charge in [0.2, 0.25) is 0 Å². The van der Waals surface area contributed by atoms with Crippen molar-refractivity contribution in [2.45, 2.75) is 6.54 Å². The minimum atomic E-state index is -0.738. The molecular formula is C14H14F2N2O2. The quantitative estimate of drug-likeness (QED) is 0.914. The van der Waals surface area contributed by atoms with Crippen LogP contribution >= 0.6 is 0 Å². The van der Waals surface area contributed by atoms with Gasteiger partial charge in [-0.2, -0.15) is 0 Å². The maximum absolute atomic E-state index is 13.4. The van der Waals surface area contributed by atoms with E-state index >= 15 is 0 Å². The van der Waals surface area contributed by atoms with Crippen LogP contribution in [0.25, 0.3) is 0 Å². The van der Waals surface area contributed by atoms with Crippen molar-refractivity contribution in [3.8, 4) is 11.5 Å². The molecule has 0 saturated heterocycles. The van der Waals surface area contributed by atoms with Gasteiger partial charge in [0, 0.05) is 24.2 Å². The lowest BCUT2D eigenvalue weighted by molar-refractivity contribution is 0.391. The molecule has 0 atom stereocenters. The van der Waals surface area contributed by atoms with Gasteiger partial charge < -0.3 is 14.8 Å². The second-order valence-electron chi connectivity index (χ2n) is 4.02. The Bertz CT molecular complexity index is 606. The smallest absolute Gasteiger partial charge is 0.168 e. The SMILES string of the molecule is COc1ccc(CNc2ncc(F)cc2F)c(OC)c1. The first-order chi connectivity index (χ1) is 9.63. The molecule has 2 aromatic rings. The Balaban J connectivity index is 2.14. The lowest BCUT2D eigenvalue weighted by Crippen LogP contribution is -2.05. The molecule has 0 spiro atoms. The molecule has 2 rings (SSSR count). The first-order valence-corrected chi connectivity index (χ1v) is 5.90. The van der Waals surface area contributed by atoms with Crippen LogP contribution in [0.4, 0.5) is 14.6 Å². The van der Waals surface area contributed by atoms with Gasteiger partial charge in [-0.3, -0.25) is 0 Å². The third-order valence-corrected chi connectivity index (χ3v) is 2.75. The first kappa shape index (κ1) is 14.0. The maximum atomic E-state index is 13.4. The van der Waals surface area contributed by atoms with Crippen molar-refractivity contribution in [3.63, 3.8) is 0 Å². The summed E-state index contributed by atoms with van der Waals surface area (Å²) in [6.45, 7) is 0.294. The molecule has 0 amide bonds. The molecular weight excluding hydrogens is 266 g/mol. The zero-order valence-electron chi connectivity index (χ0n) is 11.1. The van der Waals surface area contributed by atoms with Crippen LogP contribution in [0.15, 0.2) is 30.5 Å². The Labute approximate surface area is 115 Å². The topological polar surface area (TPSA) is 43.4 Å². The van der Waals surface area contributed by atoms with Crippen LogP contribution < -0.4 is 14.8 Å². The van der Waals surface area contributed by atoms with Crippen LogP contribution in [0.1, 0.15) is 5.56 Å². The fraction of sp³-hybridized carbons (Fsp3) is 0.214. The molecule has 0 aliphatic carbocycles. The monoisotopic (exact) mass is 280 g/mol. The molecule has 20 heavy (non-hydrogen) atoms. The zero-order chi connectivity index (χ0) is 14.5. The Morgan fingerprint density at radius 1 is 1.15 bits per heavy atom. The molecule has 1 aromatic heterocycles. The fourth-order valence-corrected chi connectivity index (χ4v) is 1.72. The molecule has 6 heteroatoms. The summed E-state index contributed by atoms with van der Waals surface area (Å²) in [5, 5.41) is 2.80. The Hall–Kier alpha value is -2.37. The number of hydrogen-bond acceptors (Lipinski definition) is 4. The third-order valence-electron chi connectivity index (χ3n) is 2.75. The van der Waals surface area contributed by atoms with E-state index in [1.807, 2.05) is 0 Å². The minimum absolute atomic E-state index is 0.00993. The van der Waals surface area contributed by atoms with E-state index in [2.05, 4.69) is 10.3 Å². The number of anilines is 1. The highest BCUT2D eigenvalue weighted by Gasteiger charge is 2.08. The van der Waals surface area contributed by atoms with Crippen LogP contribution in [-0.2, 0) is 6.54 Å². The van der Waals surface area contributed by atoms with Crippen LogP contribution in [0, 0.1) is 11.6 Å². The molecule has 1 N–H and O–H groups in total. The summed E-state index contributed by atoms with van der Waals surface area (Å²) in [5.41, 5.74) is 0.804. The number of methoxy groups -OCH3 is 2. The number of ether oxygens (including phenoxy) is 2. The largest absolute Gasteiger partial charge is 0.497 e. The van der Waals surface area contributed by atoms with Crippen LogP contribution in [0.5, 0.6) is 11.5 Å². The summed E-state index contributed by atoms with van der Waals surface area (Å²) in [6, 6.07) is 6.08. The Kier molecular flexibility index (Phi) is 4.34. The van der Waals surface area contributed by atoms with E-state index in [4.69, 9.17) is 9.47 Å². The summed E-state index contributed by atoms with van der Waals surface area (Å²) in [6.07, 6.45) is 0.955. The van der Waals surface area contributed by atoms with E-state index in [0.717, 1.165) is 17.8 Å². The second-order valence-corrected chi connectivity index (χ2v) is 4.02. The summed E-state index contributed by atoms with van der Waals surface area (Å²) >= 11 is 0. The number of aromatic nitrogens is 1. The first-order valence-electron chi connectivity index (χ1n) is 5.90. The van der Waals surface area contributed by atoms with Crippen molar-refractivity contribution in [1.29, 1.82) is 0 Å². The van der Waals surface area contributed by atoms with Gasteiger partial charge in [0.25, 0.3) is 0 Å². The predicted molar refractivity (Wildman–Crippen MR) is 71.0 cm³/mol. The maximum Gasteiger partial charge on any atom is 0.168 e. The summed E-state index contributed by atoms with van der Waals surface area (Å²) < 4.78 is 36.5. The molecule has 0 aliphatic rings. The van der Waals surface area contributed by atoms with Gasteiger partial charge in [-0.05, 0) is 12.1 Å². The average Bonchev–Trinajstić information content (AvgIpc) is 2.46. The van der Waals surface area contributed by atoms with E-state index in [-0.39, 0.29) is 5.82 Å². The van der Waals surface area contributed by atoms with E-state index in [0.29, 0.717) is 18.0 Å². The molecule has 0 radical (unpaired) electrons. The highest BCUT2D eigenvalue weighted by atomic mass is 19.1. The van der Waals surface area contributed by atoms with Crippen molar-refractivity contribution in [2.75, 3.05) is 19.5 Å². The summed E-state index contributed by atoms with van der Waals surface area (Å²) in [4.78, 5) is 3.66. The van der Waals surface area contributed by atoms with E-state index in [1.54, 1.807) is 25.3 Å². The van der Waals surface area contributed by atoms with Gasteiger partial charge in [0.1, 0.15) is 17.3 Å². The predicted octanol–water partition coefficient (Wildman–Crippen LogP) is 2.99. The zero-order valence-corrected chi connectivity index (χ0v) is 11.1. The lowest BCUT2D eigenvalue weighted by atomic mass is 10.2. The van der Waals surface area contributed by atoms with Crippen LogP contribution in [-0.4, -0.2) is 19.2 Å². The van der Waals surface area contributed by atoms with Crippen LogP contribution in [0.3, 0.4) is 0 Å². The molecule has 106 valence electrons. The fourth-order valence-electron chi connectivity index (χ4n) is 1.72. The standard InChI is InChI=1S/C14H14F2N2O2/c1-19-11-4-3-9(13(6-11)20-2)7-17-14-12(16)5-10(15)8-18-14/h3-6,8H,7H2,1-2H3,(H,17,18). The molecule has 0 saturated carbocycles. The van der Waals surface area contributed by atoms with E-state index in [1.165, 1.54) is 7.11 Å². The lowest BCUT2D eigenvalue weighted by Gasteiger charge is -2.12. The molecule has 0 unspecified atom stereocenters. The number of nitrogens with one attached hydrogen (secondary N) is 1. The van der Waals surface area contributed by atoms with Gasteiger partial charge in [0.15, 0.2) is 11.6 Å². The second kappa shape index (κ2) is 6.18. The van der Waals surface area contributed by atoms with Crippen molar-refractivity contribution in [2.24, 2.45) is 0 Å². The highest BCUT2D eigenvalue weighted by molar-refractivity contribution is 5.44. The molecule has 1 heterocycles. The van der Waals surface area contributed by atoms with Crippen molar-refractivity contribution in [1.82, 2.24) is 4.98 Å². The van der Waals surface area contributed by atoms with Gasteiger partial charge in [-0.1, -0.05) is 0 Å². The van der Waals surface area contributed by atoms with Gasteiger partial charge in [-0.15, -0.1) is 0 Å². The molecule has 0 fully saturated rings. The number of halogens is 2. The molecule has 1 aromatic carbocycles. The number of rotatable bonds is 5. The van der Waals surface area contributed by atoms with Crippen molar-refractivity contribution in [3.05, 3.63) is 47.7 Å². The molecule has 0 aliphatic heterocycles. The average molecular weight is 280 g/mol. The van der Waals surface area contributed by atoms with E-state index < -0.39 is 11.6 Å². The highest BCUT2D eigenvalue weighted by Crippen LogP contribution is 2.25. The molecule has 0 bridgehead atoms. The van der Waals surface area contributed by atoms with Gasteiger partial charge >= 0.3 is 0 Å². The van der Waals surface area contributed by atoms with E-state index in [9.17, 15) is 8.78 Å². The van der Waals surface area contributed by atoms with Crippen molar-refractivity contribution >= 4 is 5.82 Å². The van der Waals surface area contributed by atoms with Crippen molar-refractivity contribution < 1.29 is 18.3 Å². The Morgan fingerprint density at radius 3 is 2.60 bits per heavy atom. The summed E-state index contributed by atoms with van der Waals surface area (Å²) in [7, 11) is 3.10. The number of hydrogen-bond donors (Lipinski definition) is 1. The Morgan fingerprint density at radius 2 is 1.95 bits per heavy atom. The summed E-state index contributed by atoms with van der Waals surface area (Å²) in [5.74, 6) is -0.187. The van der Waals surface area contributed by atoms with Gasteiger partial charge in [-0.25, -0.2) is 13.8 Å². The third kappa shape index (κ3) is 3.14. The number of nitrogens with zero attached hydrogens (tertiary/aromatic N) is 1. The number of pyridine rings is 1. The number of benzene rings is 1. The van der Waals surface area contributed by atoms with Gasteiger partial charge in [0.05, 0.1) is 20.4 Å². The normalized spacial score (nSPS) is 10.2. The van der Waals surface area contributed by atoms with Crippen LogP contribution in [0.2, 0.25) is 0 Å². The molecule has 4 nitrogen and oxygen atoms in total. The minimum Gasteiger partial charge on any atom is -0.497 e.